The zero-order valence-corrected chi connectivity index (χ0v) is 15.9. The number of benzene rings is 2. The standard InChI is InChI=1S/C20H20FNO4S/c1-25-18-7-6-15(21)8-14(18)12-26-20(24)13-9-19(23)22(11-13)16-4-3-5-17(10-16)27-2/h3-8,10,13H,9,11-12H2,1-2H3/t13-/m0/s1. The number of carbonyl (C=O) groups is 2. The van der Waals surface area contributed by atoms with Crippen LogP contribution < -0.4 is 9.64 Å². The van der Waals surface area contributed by atoms with E-state index in [9.17, 15) is 14.0 Å². The van der Waals surface area contributed by atoms with Gasteiger partial charge in [0.15, 0.2) is 0 Å². The summed E-state index contributed by atoms with van der Waals surface area (Å²) < 4.78 is 23.9. The molecule has 1 amide bonds. The predicted molar refractivity (Wildman–Crippen MR) is 101 cm³/mol. The van der Waals surface area contributed by atoms with Crippen molar-refractivity contribution in [2.45, 2.75) is 17.9 Å². The first-order valence-corrected chi connectivity index (χ1v) is 9.67. The third kappa shape index (κ3) is 4.42. The fourth-order valence-corrected chi connectivity index (χ4v) is 3.47. The lowest BCUT2D eigenvalue weighted by atomic mass is 10.1. The molecule has 0 radical (unpaired) electrons. The predicted octanol–water partition coefficient (Wildman–Crippen LogP) is 3.65. The molecule has 3 rings (SSSR count). The molecule has 0 aromatic heterocycles. The summed E-state index contributed by atoms with van der Waals surface area (Å²) in [6.07, 6.45) is 2.06. The van der Waals surface area contributed by atoms with Gasteiger partial charge >= 0.3 is 5.97 Å². The van der Waals surface area contributed by atoms with Crippen LogP contribution in [-0.4, -0.2) is 31.8 Å². The molecule has 0 spiro atoms. The van der Waals surface area contributed by atoms with Crippen molar-refractivity contribution in [2.75, 3.05) is 24.8 Å². The van der Waals surface area contributed by atoms with Gasteiger partial charge in [0.25, 0.3) is 0 Å². The maximum absolute atomic E-state index is 13.4. The van der Waals surface area contributed by atoms with Crippen molar-refractivity contribution < 1.29 is 23.5 Å². The first-order valence-electron chi connectivity index (χ1n) is 8.45. The highest BCUT2D eigenvalue weighted by Gasteiger charge is 2.36. The number of halogens is 1. The Hall–Kier alpha value is -2.54. The average molecular weight is 389 g/mol. The van der Waals surface area contributed by atoms with E-state index in [1.54, 1.807) is 16.7 Å². The quantitative estimate of drug-likeness (QED) is 0.558. The number of ether oxygens (including phenoxy) is 2. The molecular weight excluding hydrogens is 369 g/mol. The Bertz CT molecular complexity index is 858. The Labute approximate surface area is 161 Å². The molecule has 27 heavy (non-hydrogen) atoms. The lowest BCUT2D eigenvalue weighted by molar-refractivity contribution is -0.149. The number of esters is 1. The first-order chi connectivity index (χ1) is 13.0. The van der Waals surface area contributed by atoms with Gasteiger partial charge in [-0.2, -0.15) is 0 Å². The highest BCUT2D eigenvalue weighted by molar-refractivity contribution is 7.98. The van der Waals surface area contributed by atoms with Crippen LogP contribution in [0.3, 0.4) is 0 Å². The van der Waals surface area contributed by atoms with Crippen molar-refractivity contribution in [1.82, 2.24) is 0 Å². The first kappa shape index (κ1) is 19.2. The van der Waals surface area contributed by atoms with E-state index >= 15 is 0 Å². The summed E-state index contributed by atoms with van der Waals surface area (Å²) in [6.45, 7) is 0.169. The topological polar surface area (TPSA) is 55.8 Å². The van der Waals surface area contributed by atoms with Gasteiger partial charge in [0.2, 0.25) is 5.91 Å². The van der Waals surface area contributed by atoms with Gasteiger partial charge in [0.05, 0.1) is 13.0 Å². The number of carbonyl (C=O) groups excluding carboxylic acids is 2. The molecule has 1 aliphatic rings. The molecule has 0 bridgehead atoms. The van der Waals surface area contributed by atoms with Crippen LogP contribution in [-0.2, 0) is 20.9 Å². The normalized spacial score (nSPS) is 16.5. The van der Waals surface area contributed by atoms with Gasteiger partial charge in [-0.15, -0.1) is 11.8 Å². The smallest absolute Gasteiger partial charge is 0.311 e. The van der Waals surface area contributed by atoms with E-state index in [1.165, 1.54) is 25.3 Å². The van der Waals surface area contributed by atoms with E-state index in [1.807, 2.05) is 30.5 Å². The second kappa shape index (κ2) is 8.43. The Morgan fingerprint density at radius 1 is 1.30 bits per heavy atom. The monoisotopic (exact) mass is 389 g/mol. The molecule has 2 aromatic carbocycles. The third-order valence-corrected chi connectivity index (χ3v) is 5.16. The van der Waals surface area contributed by atoms with E-state index in [2.05, 4.69) is 0 Å². The molecule has 0 aliphatic carbocycles. The molecule has 0 saturated carbocycles. The summed E-state index contributed by atoms with van der Waals surface area (Å²) in [5.41, 5.74) is 1.22. The van der Waals surface area contributed by atoms with Crippen LogP contribution >= 0.6 is 11.8 Å². The number of hydrogen-bond acceptors (Lipinski definition) is 5. The molecule has 7 heteroatoms. The minimum atomic E-state index is -0.546. The zero-order valence-electron chi connectivity index (χ0n) is 15.1. The van der Waals surface area contributed by atoms with Crippen LogP contribution in [0.15, 0.2) is 47.4 Å². The van der Waals surface area contributed by atoms with Gasteiger partial charge in [0.1, 0.15) is 18.2 Å². The molecular formula is C20H20FNO4S. The second-order valence-electron chi connectivity index (χ2n) is 6.17. The number of rotatable bonds is 6. The molecule has 1 fully saturated rings. The molecule has 2 aromatic rings. The van der Waals surface area contributed by atoms with Crippen molar-refractivity contribution >= 4 is 29.3 Å². The Balaban J connectivity index is 1.65. The van der Waals surface area contributed by atoms with E-state index in [0.29, 0.717) is 11.3 Å². The lowest BCUT2D eigenvalue weighted by Gasteiger charge is -2.17. The van der Waals surface area contributed by atoms with Gasteiger partial charge in [-0.25, -0.2) is 4.39 Å². The Morgan fingerprint density at radius 3 is 2.85 bits per heavy atom. The Kier molecular flexibility index (Phi) is 6.01. The number of thioether (sulfide) groups is 1. The van der Waals surface area contributed by atoms with Gasteiger partial charge in [-0.05, 0) is 42.7 Å². The highest BCUT2D eigenvalue weighted by Crippen LogP contribution is 2.29. The van der Waals surface area contributed by atoms with Gasteiger partial charge in [0, 0.05) is 29.1 Å². The van der Waals surface area contributed by atoms with Crippen molar-refractivity contribution in [3.8, 4) is 5.75 Å². The fourth-order valence-electron chi connectivity index (χ4n) is 3.02. The summed E-state index contributed by atoms with van der Waals surface area (Å²) in [6, 6.07) is 11.7. The highest BCUT2D eigenvalue weighted by atomic mass is 32.2. The summed E-state index contributed by atoms with van der Waals surface area (Å²) in [4.78, 5) is 27.4. The van der Waals surface area contributed by atoms with Crippen molar-refractivity contribution in [3.63, 3.8) is 0 Å². The number of methoxy groups -OCH3 is 1. The maximum atomic E-state index is 13.4. The summed E-state index contributed by atoms with van der Waals surface area (Å²) in [7, 11) is 1.47. The largest absolute Gasteiger partial charge is 0.496 e. The summed E-state index contributed by atoms with van der Waals surface area (Å²) in [5, 5.41) is 0. The molecule has 0 N–H and O–H groups in total. The van der Waals surface area contributed by atoms with Crippen molar-refractivity contribution in [3.05, 3.63) is 53.8 Å². The SMILES string of the molecule is COc1ccc(F)cc1COC(=O)[C@H]1CC(=O)N(c2cccc(SC)c2)C1. The molecule has 0 unspecified atom stereocenters. The van der Waals surface area contributed by atoms with Gasteiger partial charge in [-0.1, -0.05) is 6.07 Å². The molecule has 1 saturated heterocycles. The average Bonchev–Trinajstić information content (AvgIpc) is 3.08. The number of nitrogens with zero attached hydrogens (tertiary/aromatic N) is 1. The molecule has 1 aliphatic heterocycles. The van der Waals surface area contributed by atoms with Crippen LogP contribution in [0.5, 0.6) is 5.75 Å². The zero-order chi connectivity index (χ0) is 19.4. The molecule has 1 atom stereocenters. The number of hydrogen-bond donors (Lipinski definition) is 0. The van der Waals surface area contributed by atoms with Crippen molar-refractivity contribution in [2.24, 2.45) is 5.92 Å². The minimum Gasteiger partial charge on any atom is -0.496 e. The third-order valence-electron chi connectivity index (χ3n) is 4.44. The maximum Gasteiger partial charge on any atom is 0.311 e. The van der Waals surface area contributed by atoms with Crippen LogP contribution in [0.4, 0.5) is 10.1 Å². The summed E-state index contributed by atoms with van der Waals surface area (Å²) >= 11 is 1.59. The van der Waals surface area contributed by atoms with E-state index < -0.39 is 17.7 Å². The van der Waals surface area contributed by atoms with E-state index in [-0.39, 0.29) is 25.5 Å². The fraction of sp³-hybridized carbons (Fsp3) is 0.300. The Morgan fingerprint density at radius 2 is 2.11 bits per heavy atom. The van der Waals surface area contributed by atoms with Gasteiger partial charge < -0.3 is 14.4 Å². The molecule has 1 heterocycles. The lowest BCUT2D eigenvalue weighted by Crippen LogP contribution is -2.26. The second-order valence-corrected chi connectivity index (χ2v) is 7.05. The van der Waals surface area contributed by atoms with E-state index in [0.717, 1.165) is 10.6 Å². The van der Waals surface area contributed by atoms with Crippen LogP contribution in [0.1, 0.15) is 12.0 Å². The van der Waals surface area contributed by atoms with Gasteiger partial charge in [-0.3, -0.25) is 9.59 Å². The minimum absolute atomic E-state index is 0.0998. The van der Waals surface area contributed by atoms with Crippen LogP contribution in [0, 0.1) is 11.7 Å². The molecule has 142 valence electrons. The molecule has 5 nitrogen and oxygen atoms in total. The number of anilines is 1. The number of amides is 1. The van der Waals surface area contributed by atoms with Crippen LogP contribution in [0.2, 0.25) is 0 Å². The van der Waals surface area contributed by atoms with E-state index in [4.69, 9.17) is 9.47 Å². The summed E-state index contributed by atoms with van der Waals surface area (Å²) in [5.74, 6) is -1.12. The van der Waals surface area contributed by atoms with Crippen molar-refractivity contribution in [1.29, 1.82) is 0 Å². The van der Waals surface area contributed by atoms with Crippen LogP contribution in [0.25, 0.3) is 0 Å².